The first-order valence-corrected chi connectivity index (χ1v) is 25.8. The standard InChI is InChI=1S/C48H89O12P/c1-3-5-7-9-11-13-15-17-18-19-20-21-22-23-24-25-26-28-30-32-34-36-38-57-39-41(59-42(49)37-35-33-31-29-27-16-14-12-10-8-6-4-2)40-58-61(55,56)60-48-46(53)44(51)43(50)45(52)47(48)54/h12,14-15,17,19-20,41,43-48,50-54H,3-11,13,16,18,21-40H2,1-2H3,(H,55,56)/b14-12-,17-15-,20-19-. The smallest absolute Gasteiger partial charge is 0.457 e. The highest BCUT2D eigenvalue weighted by molar-refractivity contribution is 7.47. The van der Waals surface area contributed by atoms with Crippen molar-refractivity contribution in [3.05, 3.63) is 36.5 Å². The Balaban J connectivity index is 2.33. The van der Waals surface area contributed by atoms with Gasteiger partial charge in [-0.25, -0.2) is 4.57 Å². The first-order chi connectivity index (χ1) is 29.5. The minimum Gasteiger partial charge on any atom is -0.457 e. The quantitative estimate of drug-likeness (QED) is 0.0148. The number of unbranched alkanes of at least 4 members (excludes halogenated alkanes) is 23. The molecule has 0 aromatic heterocycles. The lowest BCUT2D eigenvalue weighted by atomic mass is 9.85. The number of carbonyl (C=O) groups excluding carboxylic acids is 1. The molecule has 1 fully saturated rings. The van der Waals surface area contributed by atoms with Gasteiger partial charge in [0.2, 0.25) is 0 Å². The van der Waals surface area contributed by atoms with Gasteiger partial charge in [0.15, 0.2) is 0 Å². The zero-order valence-corrected chi connectivity index (χ0v) is 39.1. The maximum Gasteiger partial charge on any atom is 0.472 e. The van der Waals surface area contributed by atoms with Crippen molar-refractivity contribution in [1.29, 1.82) is 0 Å². The van der Waals surface area contributed by atoms with E-state index in [1.54, 1.807) is 0 Å². The summed E-state index contributed by atoms with van der Waals surface area (Å²) in [6.07, 6.45) is 33.6. The molecule has 0 spiro atoms. The zero-order chi connectivity index (χ0) is 44.8. The van der Waals surface area contributed by atoms with Gasteiger partial charge in [-0.15, -0.1) is 0 Å². The van der Waals surface area contributed by atoms with Crippen LogP contribution in [0.15, 0.2) is 36.5 Å². The molecule has 6 unspecified atom stereocenters. The molecule has 6 atom stereocenters. The Morgan fingerprint density at radius 2 is 0.918 bits per heavy atom. The lowest BCUT2D eigenvalue weighted by Crippen LogP contribution is -2.64. The monoisotopic (exact) mass is 889 g/mol. The van der Waals surface area contributed by atoms with Gasteiger partial charge in [0, 0.05) is 13.0 Å². The minimum absolute atomic E-state index is 0.0813. The van der Waals surface area contributed by atoms with Crippen LogP contribution in [0.3, 0.4) is 0 Å². The fourth-order valence-electron chi connectivity index (χ4n) is 7.32. The number of aliphatic hydroxyl groups is 5. The van der Waals surface area contributed by atoms with Crippen LogP contribution in [0.4, 0.5) is 0 Å². The molecule has 0 aliphatic heterocycles. The molecule has 0 heterocycles. The highest BCUT2D eigenvalue weighted by atomic mass is 31.2. The summed E-state index contributed by atoms with van der Waals surface area (Å²) in [5, 5.41) is 50.2. The number of allylic oxidation sites excluding steroid dienone is 6. The van der Waals surface area contributed by atoms with Gasteiger partial charge < -0.3 is 39.9 Å². The molecular weight excluding hydrogens is 799 g/mol. The molecule has 6 N–H and O–H groups in total. The van der Waals surface area contributed by atoms with E-state index < -0.39 is 63.1 Å². The summed E-state index contributed by atoms with van der Waals surface area (Å²) in [5.41, 5.74) is 0. The molecule has 0 saturated heterocycles. The van der Waals surface area contributed by atoms with Gasteiger partial charge in [0.1, 0.15) is 42.7 Å². The van der Waals surface area contributed by atoms with Crippen molar-refractivity contribution in [1.82, 2.24) is 0 Å². The van der Waals surface area contributed by atoms with Crippen LogP contribution in [0, 0.1) is 0 Å². The highest BCUT2D eigenvalue weighted by Crippen LogP contribution is 2.47. The van der Waals surface area contributed by atoms with Gasteiger partial charge in [-0.3, -0.25) is 13.8 Å². The highest BCUT2D eigenvalue weighted by Gasteiger charge is 2.51. The van der Waals surface area contributed by atoms with E-state index in [2.05, 4.69) is 50.3 Å². The normalized spacial score (nSPS) is 22.4. The number of carbonyl (C=O) groups is 1. The molecule has 12 nitrogen and oxygen atoms in total. The molecule has 0 radical (unpaired) electrons. The third-order valence-electron chi connectivity index (χ3n) is 11.2. The maximum atomic E-state index is 12.8. The summed E-state index contributed by atoms with van der Waals surface area (Å²) in [6.45, 7) is 4.21. The average molecular weight is 889 g/mol. The van der Waals surface area contributed by atoms with Crippen molar-refractivity contribution < 1.29 is 58.3 Å². The molecule has 1 aliphatic carbocycles. The third-order valence-corrected chi connectivity index (χ3v) is 12.2. The van der Waals surface area contributed by atoms with E-state index in [-0.39, 0.29) is 13.0 Å². The van der Waals surface area contributed by atoms with Crippen molar-refractivity contribution >= 4 is 13.8 Å². The van der Waals surface area contributed by atoms with Crippen molar-refractivity contribution in [2.45, 2.75) is 243 Å². The van der Waals surface area contributed by atoms with E-state index in [9.17, 15) is 39.8 Å². The van der Waals surface area contributed by atoms with Crippen LogP contribution in [-0.4, -0.2) is 98.9 Å². The average Bonchev–Trinajstić information content (AvgIpc) is 3.24. The van der Waals surface area contributed by atoms with Gasteiger partial charge in [-0.1, -0.05) is 159 Å². The van der Waals surface area contributed by atoms with Crippen molar-refractivity contribution in [3.63, 3.8) is 0 Å². The number of ether oxygens (including phenoxy) is 2. The molecule has 61 heavy (non-hydrogen) atoms. The second kappa shape index (κ2) is 39.0. The second-order valence-corrected chi connectivity index (χ2v) is 18.4. The molecule has 0 aromatic rings. The van der Waals surface area contributed by atoms with Crippen molar-refractivity contribution in [2.24, 2.45) is 0 Å². The molecule has 1 aliphatic rings. The molecule has 1 rings (SSSR count). The molecule has 358 valence electrons. The van der Waals surface area contributed by atoms with Crippen LogP contribution < -0.4 is 0 Å². The number of rotatable bonds is 41. The summed E-state index contributed by atoms with van der Waals surface area (Å²) in [7, 11) is -5.02. The zero-order valence-electron chi connectivity index (χ0n) is 38.2. The minimum atomic E-state index is -5.02. The van der Waals surface area contributed by atoms with Crippen LogP contribution in [-0.2, 0) is 27.9 Å². The topological polar surface area (TPSA) is 192 Å². The maximum absolute atomic E-state index is 12.8. The Labute approximate surface area is 370 Å². The molecule has 0 aromatic carbocycles. The largest absolute Gasteiger partial charge is 0.472 e. The number of hydrogen-bond donors (Lipinski definition) is 6. The Kier molecular flexibility index (Phi) is 36.8. The van der Waals surface area contributed by atoms with Crippen molar-refractivity contribution in [3.8, 4) is 0 Å². The Morgan fingerprint density at radius 1 is 0.525 bits per heavy atom. The van der Waals surface area contributed by atoms with Gasteiger partial charge in [-0.05, 0) is 70.6 Å². The molecular formula is C48H89O12P. The van der Waals surface area contributed by atoms with Crippen LogP contribution in [0.2, 0.25) is 0 Å². The van der Waals surface area contributed by atoms with Crippen molar-refractivity contribution in [2.75, 3.05) is 19.8 Å². The second-order valence-electron chi connectivity index (χ2n) is 17.0. The number of hydrogen-bond acceptors (Lipinski definition) is 11. The number of phosphoric ester groups is 1. The summed E-state index contributed by atoms with van der Waals surface area (Å²) in [5.74, 6) is -0.488. The lowest BCUT2D eigenvalue weighted by Gasteiger charge is -2.41. The summed E-state index contributed by atoms with van der Waals surface area (Å²) >= 11 is 0. The van der Waals surface area contributed by atoms with E-state index in [1.807, 2.05) is 0 Å². The molecule has 13 heteroatoms. The molecule has 0 amide bonds. The SMILES string of the molecule is CCCCC/C=C\CCCCCCCC(=O)OC(COCCCCCCCCCCCC/C=C\C/C=C\CCCCCCC)COP(=O)(O)OC1C(O)C(O)C(O)C(O)C1O. The Bertz CT molecular complexity index is 1150. The van der Waals surface area contributed by atoms with Gasteiger partial charge in [0.25, 0.3) is 0 Å². The third kappa shape index (κ3) is 31.1. The van der Waals surface area contributed by atoms with Gasteiger partial charge in [0.05, 0.1) is 13.2 Å². The summed E-state index contributed by atoms with van der Waals surface area (Å²) in [6, 6.07) is 0. The van der Waals surface area contributed by atoms with Crippen LogP contribution in [0.5, 0.6) is 0 Å². The fraction of sp³-hybridized carbons (Fsp3) is 0.854. The number of esters is 1. The van der Waals surface area contributed by atoms with E-state index in [4.69, 9.17) is 18.5 Å². The fourth-order valence-corrected chi connectivity index (χ4v) is 8.29. The number of aliphatic hydroxyl groups excluding tert-OH is 5. The van der Waals surface area contributed by atoms with Crippen LogP contribution in [0.1, 0.15) is 200 Å². The Hall–Kier alpha value is -1.44. The van der Waals surface area contributed by atoms with Crippen LogP contribution >= 0.6 is 7.82 Å². The first kappa shape index (κ1) is 57.6. The van der Waals surface area contributed by atoms with Gasteiger partial charge in [-0.2, -0.15) is 0 Å². The van der Waals surface area contributed by atoms with E-state index in [1.165, 1.54) is 103 Å². The van der Waals surface area contributed by atoms with E-state index in [0.717, 1.165) is 70.6 Å². The van der Waals surface area contributed by atoms with Crippen LogP contribution in [0.25, 0.3) is 0 Å². The number of phosphoric acid groups is 1. The predicted molar refractivity (Wildman–Crippen MR) is 244 cm³/mol. The predicted octanol–water partition coefficient (Wildman–Crippen LogP) is 10.3. The summed E-state index contributed by atoms with van der Waals surface area (Å²) in [4.78, 5) is 23.1. The molecule has 1 saturated carbocycles. The Morgan fingerprint density at radius 3 is 1.43 bits per heavy atom. The summed E-state index contributed by atoms with van der Waals surface area (Å²) < 4.78 is 34.2. The first-order valence-electron chi connectivity index (χ1n) is 24.3. The van der Waals surface area contributed by atoms with E-state index in [0.29, 0.717) is 13.0 Å². The van der Waals surface area contributed by atoms with E-state index >= 15 is 0 Å². The van der Waals surface area contributed by atoms with Gasteiger partial charge >= 0.3 is 13.8 Å². The molecule has 0 bridgehead atoms. The lowest BCUT2D eigenvalue weighted by molar-refractivity contribution is -0.220.